The van der Waals surface area contributed by atoms with E-state index in [4.69, 9.17) is 15.7 Å². The lowest BCUT2D eigenvalue weighted by molar-refractivity contribution is -0.115. The zero-order chi connectivity index (χ0) is 20.4. The van der Waals surface area contributed by atoms with Crippen LogP contribution in [0.5, 0.6) is 11.5 Å². The third-order valence-electron chi connectivity index (χ3n) is 4.34. The first-order valence-corrected chi connectivity index (χ1v) is 8.69. The molecule has 0 aliphatic carbocycles. The van der Waals surface area contributed by atoms with Crippen LogP contribution >= 0.6 is 0 Å². The van der Waals surface area contributed by atoms with Crippen LogP contribution < -0.4 is 20.3 Å². The number of nitriles is 1. The van der Waals surface area contributed by atoms with E-state index in [1.807, 2.05) is 6.07 Å². The predicted octanol–water partition coefficient (Wildman–Crippen LogP) is 3.30. The Morgan fingerprint density at radius 3 is 2.52 bits per heavy atom. The van der Waals surface area contributed by atoms with Gasteiger partial charge in [-0.15, -0.1) is 0 Å². The van der Waals surface area contributed by atoms with Gasteiger partial charge in [-0.25, -0.2) is 14.7 Å². The molecular formula is C21H15N5O3. The molecule has 0 atom stereocenters. The molecule has 8 heteroatoms. The summed E-state index contributed by atoms with van der Waals surface area (Å²) in [5.74, 6) is 1.04. The molecule has 8 nitrogen and oxygen atoms in total. The minimum Gasteiger partial charge on any atom is -0.457 e. The highest BCUT2D eigenvalue weighted by Gasteiger charge is 2.38. The number of nitrogens with zero attached hydrogens (tertiary/aromatic N) is 4. The maximum atomic E-state index is 12.8. The van der Waals surface area contributed by atoms with Gasteiger partial charge in [0.05, 0.1) is 17.3 Å². The fourth-order valence-electron chi connectivity index (χ4n) is 2.99. The summed E-state index contributed by atoms with van der Waals surface area (Å²) < 4.78 is 5.70. The molecule has 1 aromatic heterocycles. The van der Waals surface area contributed by atoms with Crippen molar-refractivity contribution in [1.82, 2.24) is 4.98 Å². The molecule has 29 heavy (non-hydrogen) atoms. The summed E-state index contributed by atoms with van der Waals surface area (Å²) >= 11 is 0. The molecule has 2 aromatic carbocycles. The number of anilines is 3. The summed E-state index contributed by atoms with van der Waals surface area (Å²) in [4.78, 5) is 31.7. The largest absolute Gasteiger partial charge is 0.457 e. The van der Waals surface area contributed by atoms with Gasteiger partial charge in [0, 0.05) is 18.0 Å². The number of carbonyl (C=O) groups excluding carboxylic acids is 2. The Morgan fingerprint density at radius 2 is 1.79 bits per heavy atom. The lowest BCUT2D eigenvalue weighted by atomic mass is 10.2. The molecule has 0 saturated carbocycles. The number of hydrogen-bond donors (Lipinski definition) is 1. The summed E-state index contributed by atoms with van der Waals surface area (Å²) in [6, 6.07) is 18.0. The molecule has 1 aliphatic heterocycles. The molecule has 142 valence electrons. The van der Waals surface area contributed by atoms with Crippen LogP contribution in [0.1, 0.15) is 5.56 Å². The van der Waals surface area contributed by atoms with Gasteiger partial charge in [0.2, 0.25) is 0 Å². The van der Waals surface area contributed by atoms with Crippen LogP contribution in [0.25, 0.3) is 0 Å². The molecule has 3 amide bonds. The number of benzene rings is 2. The molecule has 0 unspecified atom stereocenters. The number of nitrogen functional groups attached to an aromatic ring is 1. The summed E-state index contributed by atoms with van der Waals surface area (Å²) in [5, 5.41) is 9.05. The number of pyridine rings is 1. The molecule has 1 fully saturated rings. The molecule has 3 aromatic rings. The Bertz CT molecular complexity index is 1140. The zero-order valence-electron chi connectivity index (χ0n) is 15.1. The van der Waals surface area contributed by atoms with Crippen molar-refractivity contribution < 1.29 is 14.3 Å². The van der Waals surface area contributed by atoms with Crippen LogP contribution in [-0.4, -0.2) is 23.5 Å². The minimum absolute atomic E-state index is 0.0950. The van der Waals surface area contributed by atoms with Gasteiger partial charge in [0.25, 0.3) is 5.91 Å². The second-order valence-electron chi connectivity index (χ2n) is 6.27. The standard InChI is InChI=1S/C21H15N5O3/c22-12-14-2-1-3-16(10-14)25-13-20(27)26(21(25)28)15-4-6-17(7-5-15)29-18-8-9-24-19(23)11-18/h1-11H,13H2,(H2,23,24). The highest BCUT2D eigenvalue weighted by Crippen LogP contribution is 2.29. The third-order valence-corrected chi connectivity index (χ3v) is 4.34. The van der Waals surface area contributed by atoms with Gasteiger partial charge in [-0.2, -0.15) is 5.26 Å². The van der Waals surface area contributed by atoms with Gasteiger partial charge in [0.15, 0.2) is 0 Å². The number of imide groups is 1. The topological polar surface area (TPSA) is 113 Å². The van der Waals surface area contributed by atoms with Gasteiger partial charge in [0.1, 0.15) is 23.9 Å². The molecule has 0 spiro atoms. The summed E-state index contributed by atoms with van der Waals surface area (Å²) in [6.07, 6.45) is 1.54. The van der Waals surface area contributed by atoms with Crippen LogP contribution in [0.2, 0.25) is 0 Å². The first kappa shape index (κ1) is 18.0. The van der Waals surface area contributed by atoms with E-state index < -0.39 is 6.03 Å². The number of rotatable bonds is 4. The smallest absolute Gasteiger partial charge is 0.336 e. The second-order valence-corrected chi connectivity index (χ2v) is 6.27. The molecule has 0 radical (unpaired) electrons. The summed E-state index contributed by atoms with van der Waals surface area (Å²) in [5.41, 5.74) is 6.98. The number of aromatic nitrogens is 1. The van der Waals surface area contributed by atoms with E-state index in [-0.39, 0.29) is 12.5 Å². The fraction of sp³-hybridized carbons (Fsp3) is 0.0476. The van der Waals surface area contributed by atoms with Crippen molar-refractivity contribution in [3.8, 4) is 17.6 Å². The molecule has 1 aliphatic rings. The molecule has 2 heterocycles. The Hall–Kier alpha value is -4.38. The van der Waals surface area contributed by atoms with Crippen molar-refractivity contribution in [2.75, 3.05) is 22.1 Å². The average Bonchev–Trinajstić information content (AvgIpc) is 3.03. The molecule has 1 saturated heterocycles. The van der Waals surface area contributed by atoms with E-state index in [9.17, 15) is 9.59 Å². The van der Waals surface area contributed by atoms with E-state index in [0.717, 1.165) is 4.90 Å². The first-order chi connectivity index (χ1) is 14.0. The second kappa shape index (κ2) is 7.32. The van der Waals surface area contributed by atoms with E-state index in [0.29, 0.717) is 34.3 Å². The van der Waals surface area contributed by atoms with E-state index in [2.05, 4.69) is 4.98 Å². The lowest BCUT2D eigenvalue weighted by Crippen LogP contribution is -2.32. The Labute approximate surface area is 166 Å². The molecule has 0 bridgehead atoms. The number of hydrogen-bond acceptors (Lipinski definition) is 6. The van der Waals surface area contributed by atoms with Gasteiger partial charge in [-0.05, 0) is 48.5 Å². The highest BCUT2D eigenvalue weighted by molar-refractivity contribution is 6.26. The number of nitrogens with two attached hydrogens (primary N) is 1. The zero-order valence-corrected chi connectivity index (χ0v) is 15.1. The highest BCUT2D eigenvalue weighted by atomic mass is 16.5. The number of amides is 3. The van der Waals surface area contributed by atoms with Crippen molar-refractivity contribution in [3.05, 3.63) is 72.4 Å². The summed E-state index contributed by atoms with van der Waals surface area (Å²) in [7, 11) is 0. The van der Waals surface area contributed by atoms with Crippen molar-refractivity contribution in [2.45, 2.75) is 0 Å². The Balaban J connectivity index is 1.54. The van der Waals surface area contributed by atoms with Gasteiger partial charge in [-0.1, -0.05) is 6.07 Å². The molecule has 2 N–H and O–H groups in total. The van der Waals surface area contributed by atoms with Gasteiger partial charge >= 0.3 is 6.03 Å². The monoisotopic (exact) mass is 385 g/mol. The normalized spacial score (nSPS) is 13.5. The van der Waals surface area contributed by atoms with Gasteiger partial charge in [-0.3, -0.25) is 9.69 Å². The molecular weight excluding hydrogens is 370 g/mol. The number of carbonyl (C=O) groups is 2. The van der Waals surface area contributed by atoms with Crippen LogP contribution in [0.15, 0.2) is 66.9 Å². The Kier molecular flexibility index (Phi) is 4.55. The number of urea groups is 1. The number of ether oxygens (including phenoxy) is 1. The van der Waals surface area contributed by atoms with Crippen molar-refractivity contribution in [1.29, 1.82) is 5.26 Å². The quantitative estimate of drug-likeness (QED) is 0.690. The Morgan fingerprint density at radius 1 is 1.00 bits per heavy atom. The first-order valence-electron chi connectivity index (χ1n) is 8.69. The SMILES string of the molecule is N#Cc1cccc(N2CC(=O)N(c3ccc(Oc4ccnc(N)c4)cc3)C2=O)c1. The van der Waals surface area contributed by atoms with Crippen LogP contribution in [0, 0.1) is 11.3 Å². The fourth-order valence-corrected chi connectivity index (χ4v) is 2.99. The lowest BCUT2D eigenvalue weighted by Gasteiger charge is -2.17. The van der Waals surface area contributed by atoms with E-state index in [1.54, 1.807) is 60.7 Å². The van der Waals surface area contributed by atoms with Crippen molar-refractivity contribution >= 4 is 29.1 Å². The third kappa shape index (κ3) is 3.57. The van der Waals surface area contributed by atoms with Crippen molar-refractivity contribution in [3.63, 3.8) is 0 Å². The molecule has 4 rings (SSSR count). The summed E-state index contributed by atoms with van der Waals surface area (Å²) in [6.45, 7) is -0.0950. The average molecular weight is 385 g/mol. The predicted molar refractivity (Wildman–Crippen MR) is 107 cm³/mol. The van der Waals surface area contributed by atoms with Crippen LogP contribution in [0.3, 0.4) is 0 Å². The minimum atomic E-state index is -0.472. The van der Waals surface area contributed by atoms with Crippen molar-refractivity contribution in [2.24, 2.45) is 0 Å². The van der Waals surface area contributed by atoms with Gasteiger partial charge < -0.3 is 10.5 Å². The maximum Gasteiger partial charge on any atom is 0.336 e. The van der Waals surface area contributed by atoms with E-state index >= 15 is 0 Å². The van der Waals surface area contributed by atoms with E-state index in [1.165, 1.54) is 11.1 Å². The van der Waals surface area contributed by atoms with Crippen LogP contribution in [-0.2, 0) is 4.79 Å². The maximum absolute atomic E-state index is 12.8. The van der Waals surface area contributed by atoms with Crippen LogP contribution in [0.4, 0.5) is 22.0 Å².